The Morgan fingerprint density at radius 3 is 3.07 bits per heavy atom. The maximum atomic E-state index is 11.1. The molecule has 0 bridgehead atoms. The highest BCUT2D eigenvalue weighted by Crippen LogP contribution is 1.89. The third-order valence-corrected chi connectivity index (χ3v) is 3.08. The molecule has 0 amide bonds. The minimum atomic E-state index is -0.680. The highest BCUT2D eigenvalue weighted by Gasteiger charge is 1.96. The van der Waals surface area contributed by atoms with Crippen molar-refractivity contribution in [1.82, 2.24) is 15.3 Å². The van der Waals surface area contributed by atoms with E-state index in [0.29, 0.717) is 12.3 Å². The van der Waals surface area contributed by atoms with Gasteiger partial charge in [0, 0.05) is 41.6 Å². The molecule has 0 saturated heterocycles. The molecule has 0 saturated carbocycles. The first-order valence-electron chi connectivity index (χ1n) is 4.63. The molecule has 78 valence electrons. The number of nitrogens with one attached hydrogen (secondary N) is 1. The number of nitrogens with zero attached hydrogens (tertiary/aromatic N) is 2. The summed E-state index contributed by atoms with van der Waals surface area (Å²) in [6, 6.07) is 1.86. The molecule has 1 N–H and O–H groups in total. The zero-order valence-electron chi connectivity index (χ0n) is 8.27. The van der Waals surface area contributed by atoms with Crippen molar-refractivity contribution >= 4 is 10.8 Å². The second-order valence-electron chi connectivity index (χ2n) is 2.81. The topological polar surface area (TPSA) is 54.9 Å². The molecule has 0 spiro atoms. The van der Waals surface area contributed by atoms with E-state index in [0.717, 1.165) is 18.0 Å². The van der Waals surface area contributed by atoms with Gasteiger partial charge >= 0.3 is 0 Å². The van der Waals surface area contributed by atoms with Gasteiger partial charge in [0.2, 0.25) is 0 Å². The Morgan fingerprint density at radius 1 is 1.57 bits per heavy atom. The van der Waals surface area contributed by atoms with Crippen LogP contribution in [0, 0.1) is 0 Å². The monoisotopic (exact) mass is 213 g/mol. The average molecular weight is 213 g/mol. The highest BCUT2D eigenvalue weighted by molar-refractivity contribution is 7.84. The first-order chi connectivity index (χ1) is 6.83. The van der Waals surface area contributed by atoms with Gasteiger partial charge < -0.3 is 5.32 Å². The number of aromatic nitrogens is 2. The summed E-state index contributed by atoms with van der Waals surface area (Å²) in [5.74, 6) is 1.44. The summed E-state index contributed by atoms with van der Waals surface area (Å²) in [5.41, 5.74) is 0.960. The van der Waals surface area contributed by atoms with E-state index in [1.807, 2.05) is 13.0 Å². The summed E-state index contributed by atoms with van der Waals surface area (Å²) in [6.45, 7) is 3.41. The summed E-state index contributed by atoms with van der Waals surface area (Å²) in [6.07, 6.45) is 3.25. The van der Waals surface area contributed by atoms with Gasteiger partial charge in [-0.15, -0.1) is 0 Å². The zero-order valence-corrected chi connectivity index (χ0v) is 9.09. The van der Waals surface area contributed by atoms with Crippen LogP contribution in [0.4, 0.5) is 0 Å². The molecule has 4 nitrogen and oxygen atoms in total. The van der Waals surface area contributed by atoms with Gasteiger partial charge in [-0.05, 0) is 6.07 Å². The van der Waals surface area contributed by atoms with Gasteiger partial charge in [0.25, 0.3) is 0 Å². The van der Waals surface area contributed by atoms with Crippen LogP contribution >= 0.6 is 0 Å². The molecule has 0 radical (unpaired) electrons. The Bertz CT molecular complexity index is 279. The SMILES string of the molecule is CCS(=O)CCNCc1ccncn1. The number of rotatable bonds is 6. The van der Waals surface area contributed by atoms with Crippen LogP contribution in [0.25, 0.3) is 0 Å². The largest absolute Gasteiger partial charge is 0.310 e. The highest BCUT2D eigenvalue weighted by atomic mass is 32.2. The molecular weight excluding hydrogens is 198 g/mol. The summed E-state index contributed by atoms with van der Waals surface area (Å²) >= 11 is 0. The predicted octanol–water partition coefficient (Wildman–Crippen LogP) is 0.335. The van der Waals surface area contributed by atoms with Crippen LogP contribution in [-0.2, 0) is 17.3 Å². The van der Waals surface area contributed by atoms with Crippen LogP contribution in [-0.4, -0.2) is 32.2 Å². The fourth-order valence-electron chi connectivity index (χ4n) is 0.969. The van der Waals surface area contributed by atoms with Crippen molar-refractivity contribution in [3.05, 3.63) is 24.3 Å². The van der Waals surface area contributed by atoms with Crippen molar-refractivity contribution in [1.29, 1.82) is 0 Å². The third-order valence-electron chi connectivity index (χ3n) is 1.78. The lowest BCUT2D eigenvalue weighted by Crippen LogP contribution is -2.21. The lowest BCUT2D eigenvalue weighted by molar-refractivity contribution is 0.670. The molecule has 1 aromatic rings. The summed E-state index contributed by atoms with van der Waals surface area (Å²) in [4.78, 5) is 7.89. The van der Waals surface area contributed by atoms with Crippen molar-refractivity contribution in [2.45, 2.75) is 13.5 Å². The van der Waals surface area contributed by atoms with Crippen LogP contribution in [0.2, 0.25) is 0 Å². The normalized spacial score (nSPS) is 12.6. The summed E-state index contributed by atoms with van der Waals surface area (Å²) in [5, 5.41) is 3.18. The van der Waals surface area contributed by atoms with Crippen molar-refractivity contribution in [3.8, 4) is 0 Å². The molecule has 1 heterocycles. The van der Waals surface area contributed by atoms with Crippen molar-refractivity contribution < 1.29 is 4.21 Å². The maximum absolute atomic E-state index is 11.1. The first kappa shape index (κ1) is 11.3. The van der Waals surface area contributed by atoms with Crippen molar-refractivity contribution in [2.75, 3.05) is 18.1 Å². The lowest BCUT2D eigenvalue weighted by atomic mass is 10.4. The quantitative estimate of drug-likeness (QED) is 0.692. The molecule has 1 aromatic heterocycles. The molecule has 0 aliphatic rings. The standard InChI is InChI=1S/C9H15N3OS/c1-2-14(13)6-5-10-7-9-3-4-11-8-12-9/h3-4,8,10H,2,5-7H2,1H3. The van der Waals surface area contributed by atoms with Gasteiger partial charge in [-0.3, -0.25) is 4.21 Å². The van der Waals surface area contributed by atoms with E-state index in [2.05, 4.69) is 15.3 Å². The molecule has 14 heavy (non-hydrogen) atoms. The second kappa shape index (κ2) is 6.62. The van der Waals surface area contributed by atoms with Crippen LogP contribution < -0.4 is 5.32 Å². The number of hydrogen-bond donors (Lipinski definition) is 1. The molecule has 0 fully saturated rings. The summed E-state index contributed by atoms with van der Waals surface area (Å²) < 4.78 is 11.1. The fraction of sp³-hybridized carbons (Fsp3) is 0.556. The van der Waals surface area contributed by atoms with Crippen molar-refractivity contribution in [3.63, 3.8) is 0 Å². The molecule has 1 rings (SSSR count). The van der Waals surface area contributed by atoms with Gasteiger partial charge in [0.15, 0.2) is 0 Å². The van der Waals surface area contributed by atoms with E-state index in [1.165, 1.54) is 6.33 Å². The predicted molar refractivity (Wildman–Crippen MR) is 57.3 cm³/mol. The van der Waals surface area contributed by atoms with Gasteiger partial charge in [-0.2, -0.15) is 0 Å². The summed E-state index contributed by atoms with van der Waals surface area (Å²) in [7, 11) is -0.680. The third kappa shape index (κ3) is 4.43. The molecule has 5 heteroatoms. The van der Waals surface area contributed by atoms with Crippen LogP contribution in [0.15, 0.2) is 18.6 Å². The Hall–Kier alpha value is -0.810. The van der Waals surface area contributed by atoms with Gasteiger partial charge in [0.05, 0.1) is 5.69 Å². The molecule has 1 unspecified atom stereocenters. The smallest absolute Gasteiger partial charge is 0.115 e. The van der Waals surface area contributed by atoms with Gasteiger partial charge in [-0.25, -0.2) is 9.97 Å². The van der Waals surface area contributed by atoms with E-state index in [-0.39, 0.29) is 0 Å². The zero-order chi connectivity index (χ0) is 10.2. The fourth-order valence-corrected chi connectivity index (χ4v) is 1.63. The Morgan fingerprint density at radius 2 is 2.43 bits per heavy atom. The Balaban J connectivity index is 2.13. The van der Waals surface area contributed by atoms with E-state index >= 15 is 0 Å². The van der Waals surface area contributed by atoms with E-state index < -0.39 is 10.8 Å². The molecule has 0 aromatic carbocycles. The molecular formula is C9H15N3OS. The number of hydrogen-bond acceptors (Lipinski definition) is 4. The molecule has 0 aliphatic carbocycles. The maximum Gasteiger partial charge on any atom is 0.115 e. The van der Waals surface area contributed by atoms with E-state index in [4.69, 9.17) is 0 Å². The average Bonchev–Trinajstić information content (AvgIpc) is 2.25. The minimum Gasteiger partial charge on any atom is -0.310 e. The molecule has 0 aliphatic heterocycles. The lowest BCUT2D eigenvalue weighted by Gasteiger charge is -2.02. The first-order valence-corrected chi connectivity index (χ1v) is 6.12. The molecule has 1 atom stereocenters. The second-order valence-corrected chi connectivity index (χ2v) is 4.68. The van der Waals surface area contributed by atoms with Crippen LogP contribution in [0.3, 0.4) is 0 Å². The Kier molecular flexibility index (Phi) is 5.32. The van der Waals surface area contributed by atoms with Gasteiger partial charge in [-0.1, -0.05) is 6.92 Å². The minimum absolute atomic E-state index is 0.680. The van der Waals surface area contributed by atoms with Crippen molar-refractivity contribution in [2.24, 2.45) is 0 Å². The van der Waals surface area contributed by atoms with E-state index in [9.17, 15) is 4.21 Å². The van der Waals surface area contributed by atoms with Crippen LogP contribution in [0.1, 0.15) is 12.6 Å². The van der Waals surface area contributed by atoms with Crippen LogP contribution in [0.5, 0.6) is 0 Å². The van der Waals surface area contributed by atoms with Gasteiger partial charge in [0.1, 0.15) is 6.33 Å². The Labute approximate surface area is 86.6 Å². The van der Waals surface area contributed by atoms with E-state index in [1.54, 1.807) is 6.20 Å².